The van der Waals surface area contributed by atoms with Gasteiger partial charge in [-0.3, -0.25) is 19.7 Å². The van der Waals surface area contributed by atoms with Crippen LogP contribution in [0.2, 0.25) is 0 Å². The molecule has 0 spiro atoms. The van der Waals surface area contributed by atoms with E-state index in [9.17, 15) is 19.7 Å². The van der Waals surface area contributed by atoms with E-state index in [1.54, 1.807) is 18.2 Å². The van der Waals surface area contributed by atoms with Gasteiger partial charge in [-0.25, -0.2) is 0 Å². The van der Waals surface area contributed by atoms with Crippen molar-refractivity contribution >= 4 is 33.5 Å². The first-order chi connectivity index (χ1) is 12.3. The third-order valence-electron chi connectivity index (χ3n) is 3.90. The molecule has 0 saturated carbocycles. The van der Waals surface area contributed by atoms with Crippen molar-refractivity contribution in [1.29, 1.82) is 0 Å². The van der Waals surface area contributed by atoms with E-state index in [4.69, 9.17) is 4.74 Å². The van der Waals surface area contributed by atoms with E-state index < -0.39 is 22.8 Å². The molecule has 2 aromatic carbocycles. The molecule has 1 N–H and O–H groups in total. The Labute approximate surface area is 158 Å². The van der Waals surface area contributed by atoms with Crippen LogP contribution < -0.4 is 5.32 Å². The van der Waals surface area contributed by atoms with Gasteiger partial charge in [0, 0.05) is 21.7 Å². The van der Waals surface area contributed by atoms with Gasteiger partial charge in [0.1, 0.15) is 0 Å². The first kappa shape index (κ1) is 19.6. The minimum absolute atomic E-state index is 0.0628. The van der Waals surface area contributed by atoms with Crippen LogP contribution in [0, 0.1) is 17.0 Å². The number of amides is 1. The quantitative estimate of drug-likeness (QED) is 0.436. The van der Waals surface area contributed by atoms with Crippen molar-refractivity contribution in [2.75, 3.05) is 7.11 Å². The number of esters is 1. The van der Waals surface area contributed by atoms with Crippen molar-refractivity contribution in [3.63, 3.8) is 0 Å². The van der Waals surface area contributed by atoms with E-state index in [0.717, 1.165) is 4.47 Å². The lowest BCUT2D eigenvalue weighted by atomic mass is 10.0. The monoisotopic (exact) mass is 420 g/mol. The number of carbonyl (C=O) groups excluding carboxylic acids is 2. The topological polar surface area (TPSA) is 98.5 Å². The molecule has 7 nitrogen and oxygen atoms in total. The third-order valence-corrected chi connectivity index (χ3v) is 4.39. The Kier molecular flexibility index (Phi) is 6.46. The van der Waals surface area contributed by atoms with E-state index in [2.05, 4.69) is 21.2 Å². The Hall–Kier alpha value is -2.74. The standard InChI is InChI=1S/C18H17BrN2O5/c1-11-14(7-4-8-16(11)21(24)25)18(23)20-15(10-17(22)26-2)12-5-3-6-13(19)9-12/h3-9,15H,10H2,1-2H3,(H,20,23). The molecule has 0 bridgehead atoms. The minimum Gasteiger partial charge on any atom is -0.469 e. The Morgan fingerprint density at radius 3 is 2.58 bits per heavy atom. The highest BCUT2D eigenvalue weighted by Gasteiger charge is 2.23. The van der Waals surface area contributed by atoms with Gasteiger partial charge in [-0.05, 0) is 30.7 Å². The number of hydrogen-bond donors (Lipinski definition) is 1. The molecule has 2 aromatic rings. The van der Waals surface area contributed by atoms with Gasteiger partial charge < -0.3 is 10.1 Å². The molecule has 0 heterocycles. The summed E-state index contributed by atoms with van der Waals surface area (Å²) in [6.45, 7) is 1.52. The van der Waals surface area contributed by atoms with E-state index in [0.29, 0.717) is 5.56 Å². The van der Waals surface area contributed by atoms with E-state index in [1.165, 1.54) is 32.2 Å². The number of nitrogens with zero attached hydrogens (tertiary/aromatic N) is 1. The maximum atomic E-state index is 12.7. The van der Waals surface area contributed by atoms with Crippen molar-refractivity contribution < 1.29 is 19.2 Å². The maximum Gasteiger partial charge on any atom is 0.307 e. The summed E-state index contributed by atoms with van der Waals surface area (Å²) in [5.41, 5.74) is 1.02. The summed E-state index contributed by atoms with van der Waals surface area (Å²) in [7, 11) is 1.27. The average Bonchev–Trinajstić information content (AvgIpc) is 2.60. The van der Waals surface area contributed by atoms with Crippen LogP contribution in [0.15, 0.2) is 46.9 Å². The summed E-state index contributed by atoms with van der Waals surface area (Å²) in [5, 5.41) is 13.8. The Bertz CT molecular complexity index is 853. The molecule has 26 heavy (non-hydrogen) atoms. The molecule has 0 aliphatic rings. The summed E-state index contributed by atoms with van der Waals surface area (Å²) in [6, 6.07) is 10.8. The highest BCUT2D eigenvalue weighted by Crippen LogP contribution is 2.24. The number of methoxy groups -OCH3 is 1. The van der Waals surface area contributed by atoms with E-state index >= 15 is 0 Å². The zero-order valence-corrected chi connectivity index (χ0v) is 15.8. The molecule has 0 aliphatic carbocycles. The van der Waals surface area contributed by atoms with Gasteiger partial charge >= 0.3 is 5.97 Å². The molecular formula is C18H17BrN2O5. The van der Waals surface area contributed by atoms with Crippen LogP contribution in [0.1, 0.15) is 33.9 Å². The lowest BCUT2D eigenvalue weighted by molar-refractivity contribution is -0.385. The van der Waals surface area contributed by atoms with Gasteiger partial charge in [-0.1, -0.05) is 34.1 Å². The second-order valence-corrected chi connectivity index (χ2v) is 6.48. The van der Waals surface area contributed by atoms with Crippen molar-refractivity contribution in [2.45, 2.75) is 19.4 Å². The minimum atomic E-state index is -0.633. The lowest BCUT2D eigenvalue weighted by Gasteiger charge is -2.19. The van der Waals surface area contributed by atoms with Crippen molar-refractivity contribution in [3.05, 3.63) is 73.7 Å². The van der Waals surface area contributed by atoms with Crippen molar-refractivity contribution in [3.8, 4) is 0 Å². The smallest absolute Gasteiger partial charge is 0.307 e. The van der Waals surface area contributed by atoms with E-state index in [1.807, 2.05) is 6.07 Å². The maximum absolute atomic E-state index is 12.7. The SMILES string of the molecule is COC(=O)CC(NC(=O)c1cccc([N+](=O)[O-])c1C)c1cccc(Br)c1. The number of nitrogens with one attached hydrogen (secondary N) is 1. The molecular weight excluding hydrogens is 404 g/mol. The molecule has 0 radical (unpaired) electrons. The summed E-state index contributed by atoms with van der Waals surface area (Å²) in [4.78, 5) is 34.9. The Morgan fingerprint density at radius 1 is 1.27 bits per heavy atom. The lowest BCUT2D eigenvalue weighted by Crippen LogP contribution is -2.31. The second kappa shape index (κ2) is 8.57. The Morgan fingerprint density at radius 2 is 1.96 bits per heavy atom. The van der Waals surface area contributed by atoms with Crippen LogP contribution in [0.3, 0.4) is 0 Å². The van der Waals surface area contributed by atoms with Crippen LogP contribution in [0.4, 0.5) is 5.69 Å². The van der Waals surface area contributed by atoms with Crippen LogP contribution in [0.5, 0.6) is 0 Å². The fourth-order valence-electron chi connectivity index (χ4n) is 2.53. The summed E-state index contributed by atoms with van der Waals surface area (Å²) in [6.07, 6.45) is -0.0628. The number of hydrogen-bond acceptors (Lipinski definition) is 5. The van der Waals surface area contributed by atoms with Crippen LogP contribution in [-0.2, 0) is 9.53 Å². The zero-order chi connectivity index (χ0) is 19.3. The zero-order valence-electron chi connectivity index (χ0n) is 14.2. The summed E-state index contributed by atoms with van der Waals surface area (Å²) in [5.74, 6) is -0.980. The largest absolute Gasteiger partial charge is 0.469 e. The van der Waals surface area contributed by atoms with Gasteiger partial charge in [-0.15, -0.1) is 0 Å². The van der Waals surface area contributed by atoms with Gasteiger partial charge in [-0.2, -0.15) is 0 Å². The predicted molar refractivity (Wildman–Crippen MR) is 98.8 cm³/mol. The number of carbonyl (C=O) groups is 2. The normalized spacial score (nSPS) is 11.5. The first-order valence-corrected chi connectivity index (χ1v) is 8.50. The summed E-state index contributed by atoms with van der Waals surface area (Å²) < 4.78 is 5.50. The van der Waals surface area contributed by atoms with E-state index in [-0.39, 0.29) is 23.2 Å². The molecule has 0 aromatic heterocycles. The Balaban J connectivity index is 2.33. The number of nitro benzene ring substituents is 1. The van der Waals surface area contributed by atoms with Crippen molar-refractivity contribution in [2.24, 2.45) is 0 Å². The third kappa shape index (κ3) is 4.66. The van der Waals surface area contributed by atoms with Crippen LogP contribution in [-0.4, -0.2) is 23.9 Å². The van der Waals surface area contributed by atoms with Gasteiger partial charge in [0.25, 0.3) is 11.6 Å². The number of benzene rings is 2. The molecule has 1 unspecified atom stereocenters. The molecule has 1 amide bonds. The molecule has 2 rings (SSSR count). The highest BCUT2D eigenvalue weighted by atomic mass is 79.9. The second-order valence-electron chi connectivity index (χ2n) is 5.57. The molecule has 136 valence electrons. The highest BCUT2D eigenvalue weighted by molar-refractivity contribution is 9.10. The number of ether oxygens (including phenoxy) is 1. The van der Waals surface area contributed by atoms with Crippen molar-refractivity contribution in [1.82, 2.24) is 5.32 Å². The van der Waals surface area contributed by atoms with Crippen LogP contribution >= 0.6 is 15.9 Å². The molecule has 0 aliphatic heterocycles. The first-order valence-electron chi connectivity index (χ1n) is 7.70. The van der Waals surface area contributed by atoms with Crippen LogP contribution in [0.25, 0.3) is 0 Å². The van der Waals surface area contributed by atoms with Gasteiger partial charge in [0.2, 0.25) is 0 Å². The number of halogens is 1. The number of rotatable bonds is 6. The average molecular weight is 421 g/mol. The fourth-order valence-corrected chi connectivity index (χ4v) is 2.95. The molecule has 0 fully saturated rings. The fraction of sp³-hybridized carbons (Fsp3) is 0.222. The van der Waals surface area contributed by atoms with Gasteiger partial charge in [0.05, 0.1) is 24.5 Å². The van der Waals surface area contributed by atoms with Gasteiger partial charge in [0.15, 0.2) is 0 Å². The summed E-state index contributed by atoms with van der Waals surface area (Å²) >= 11 is 3.36. The predicted octanol–water partition coefficient (Wildman–Crippen LogP) is 3.70. The molecule has 8 heteroatoms. The number of nitro groups is 1. The molecule has 0 saturated heterocycles. The molecule has 1 atom stereocenters.